The lowest BCUT2D eigenvalue weighted by molar-refractivity contribution is 0.661. The van der Waals surface area contributed by atoms with Crippen molar-refractivity contribution in [2.24, 2.45) is 0 Å². The van der Waals surface area contributed by atoms with Gasteiger partial charge < -0.3 is 4.57 Å². The van der Waals surface area contributed by atoms with E-state index in [9.17, 15) is 0 Å². The van der Waals surface area contributed by atoms with Crippen LogP contribution < -0.4 is 0 Å². The highest BCUT2D eigenvalue weighted by Crippen LogP contribution is 2.51. The molecule has 10 rings (SSSR count). The van der Waals surface area contributed by atoms with Gasteiger partial charge in [-0.15, -0.1) is 0 Å². The number of aromatic nitrogens is 2. The van der Waals surface area contributed by atoms with Crippen LogP contribution in [0.5, 0.6) is 0 Å². The van der Waals surface area contributed by atoms with Gasteiger partial charge in [-0.05, 0) is 93.0 Å². The van der Waals surface area contributed by atoms with Gasteiger partial charge >= 0.3 is 0 Å². The molecule has 244 valence electrons. The van der Waals surface area contributed by atoms with E-state index in [1.165, 1.54) is 38.5 Å². The average Bonchev–Trinajstić information content (AvgIpc) is 3.64. The minimum absolute atomic E-state index is 0.133. The van der Waals surface area contributed by atoms with E-state index >= 15 is 0 Å². The first kappa shape index (κ1) is 30.1. The average molecular weight is 664 g/mol. The predicted molar refractivity (Wildman–Crippen MR) is 216 cm³/mol. The molecule has 0 saturated carbocycles. The first-order valence-corrected chi connectivity index (χ1v) is 17.7. The smallest absolute Gasteiger partial charge is 0.194 e. The Morgan fingerprint density at radius 1 is 0.500 bits per heavy atom. The lowest BCUT2D eigenvalue weighted by Gasteiger charge is -2.22. The zero-order valence-electron chi connectivity index (χ0n) is 28.9. The van der Waals surface area contributed by atoms with Crippen LogP contribution in [0.4, 0.5) is 5.69 Å². The summed E-state index contributed by atoms with van der Waals surface area (Å²) in [6.45, 7) is 12.7. The zero-order valence-corrected chi connectivity index (χ0v) is 28.9. The van der Waals surface area contributed by atoms with Gasteiger partial charge in [-0.1, -0.05) is 129 Å². The minimum atomic E-state index is -0.133. The molecule has 52 heavy (non-hydrogen) atoms. The molecule has 2 aromatic heterocycles. The second kappa shape index (κ2) is 11.4. The van der Waals surface area contributed by atoms with Gasteiger partial charge in [-0.25, -0.2) is 9.83 Å². The number of rotatable bonds is 4. The van der Waals surface area contributed by atoms with Crippen molar-refractivity contribution in [3.63, 3.8) is 0 Å². The van der Waals surface area contributed by atoms with Crippen LogP contribution in [0, 0.1) is 6.57 Å². The molecule has 1 aliphatic carbocycles. The molecule has 9 aromatic rings. The van der Waals surface area contributed by atoms with Crippen molar-refractivity contribution >= 4 is 38.4 Å². The predicted octanol–water partition coefficient (Wildman–Crippen LogP) is 13.2. The number of nitrogens with zero attached hydrogens (tertiary/aromatic N) is 3. The summed E-state index contributed by atoms with van der Waals surface area (Å²) in [7, 11) is 0. The van der Waals surface area contributed by atoms with Gasteiger partial charge in [0.15, 0.2) is 5.69 Å². The molecule has 0 bridgehead atoms. The maximum atomic E-state index is 8.04. The Balaban J connectivity index is 1.29. The second-order valence-electron chi connectivity index (χ2n) is 14.3. The summed E-state index contributed by atoms with van der Waals surface area (Å²) < 4.78 is 2.41. The van der Waals surface area contributed by atoms with Crippen LogP contribution in [-0.2, 0) is 5.41 Å². The summed E-state index contributed by atoms with van der Waals surface area (Å²) >= 11 is 0. The van der Waals surface area contributed by atoms with Crippen molar-refractivity contribution in [3.8, 4) is 50.3 Å². The third-order valence-electron chi connectivity index (χ3n) is 11.0. The third-order valence-corrected chi connectivity index (χ3v) is 11.0. The van der Waals surface area contributed by atoms with Crippen LogP contribution >= 0.6 is 0 Å². The number of pyridine rings is 1. The summed E-state index contributed by atoms with van der Waals surface area (Å²) in [5.74, 6) is 0. The fourth-order valence-corrected chi connectivity index (χ4v) is 8.48. The Morgan fingerprint density at radius 2 is 1.19 bits per heavy atom. The van der Waals surface area contributed by atoms with E-state index in [1.807, 2.05) is 18.2 Å². The maximum absolute atomic E-state index is 8.04. The quantitative estimate of drug-likeness (QED) is 0.172. The van der Waals surface area contributed by atoms with E-state index in [0.29, 0.717) is 5.69 Å². The van der Waals surface area contributed by atoms with E-state index in [-0.39, 0.29) is 5.41 Å². The van der Waals surface area contributed by atoms with Crippen molar-refractivity contribution in [1.82, 2.24) is 9.55 Å². The Morgan fingerprint density at radius 3 is 2.04 bits per heavy atom. The molecule has 0 fully saturated rings. The molecular weight excluding hydrogens is 631 g/mol. The van der Waals surface area contributed by atoms with Gasteiger partial charge in [0, 0.05) is 32.8 Å². The molecule has 0 N–H and O–H groups in total. The van der Waals surface area contributed by atoms with Crippen molar-refractivity contribution in [3.05, 3.63) is 186 Å². The number of hydrogen-bond acceptors (Lipinski definition) is 1. The fourth-order valence-electron chi connectivity index (χ4n) is 8.48. The summed E-state index contributed by atoms with van der Waals surface area (Å²) in [4.78, 5) is 9.21. The number of para-hydroxylation sites is 3. The van der Waals surface area contributed by atoms with Crippen molar-refractivity contribution in [1.29, 1.82) is 0 Å². The largest absolute Gasteiger partial charge is 0.309 e. The zero-order chi connectivity index (χ0) is 35.0. The highest BCUT2D eigenvalue weighted by molar-refractivity contribution is 6.12. The highest BCUT2D eigenvalue weighted by atomic mass is 15.0. The lowest BCUT2D eigenvalue weighted by atomic mass is 9.82. The first-order valence-electron chi connectivity index (χ1n) is 17.7. The first-order chi connectivity index (χ1) is 25.5. The third kappa shape index (κ3) is 4.48. The standard InChI is InChI=1S/C49H33N3/c1-49(2)42-21-11-7-18-36(42)40-28-41-38-20-10-14-24-47(38)52(48(41)30-43(40)49)34-26-32(35-17-8-12-22-44(35)50-3)25-33(27-34)46-29-39(31-15-5-4-6-16-31)37-19-9-13-23-45(37)51-46/h4-30H,1-2H3. The molecule has 0 unspecified atom stereocenters. The van der Waals surface area contributed by atoms with Gasteiger partial charge in [-0.3, -0.25) is 0 Å². The highest BCUT2D eigenvalue weighted by Gasteiger charge is 2.36. The number of fused-ring (bicyclic) bond motifs is 7. The molecular formula is C49H33N3. The summed E-state index contributed by atoms with van der Waals surface area (Å²) in [6, 6.07) is 58.2. The molecule has 7 aromatic carbocycles. The molecule has 0 atom stereocenters. The van der Waals surface area contributed by atoms with Gasteiger partial charge in [0.25, 0.3) is 0 Å². The van der Waals surface area contributed by atoms with E-state index in [0.717, 1.165) is 55.6 Å². The van der Waals surface area contributed by atoms with Gasteiger partial charge in [-0.2, -0.15) is 0 Å². The Labute approximate surface area is 302 Å². The SMILES string of the molecule is [C-]#[N+]c1ccccc1-c1cc(-c2cc(-c3ccccc3)c3ccccc3n2)cc(-n2c3ccccc3c3cc4c(cc32)C(C)(C)c2ccccc2-4)c1. The van der Waals surface area contributed by atoms with Crippen molar-refractivity contribution in [2.75, 3.05) is 0 Å². The topological polar surface area (TPSA) is 22.2 Å². The molecule has 1 aliphatic rings. The summed E-state index contributed by atoms with van der Waals surface area (Å²) in [6.07, 6.45) is 0. The minimum Gasteiger partial charge on any atom is -0.309 e. The van der Waals surface area contributed by atoms with Crippen molar-refractivity contribution in [2.45, 2.75) is 19.3 Å². The Hall–Kier alpha value is -6.76. The van der Waals surface area contributed by atoms with Crippen molar-refractivity contribution < 1.29 is 0 Å². The summed E-state index contributed by atoms with van der Waals surface area (Å²) in [5.41, 5.74) is 16.2. The van der Waals surface area contributed by atoms with Crippen LogP contribution in [0.15, 0.2) is 164 Å². The Bertz CT molecular complexity index is 2940. The molecule has 0 aliphatic heterocycles. The molecule has 3 nitrogen and oxygen atoms in total. The van der Waals surface area contributed by atoms with E-state index < -0.39 is 0 Å². The molecule has 0 radical (unpaired) electrons. The molecule has 0 saturated heterocycles. The molecule has 3 heteroatoms. The van der Waals surface area contributed by atoms with Crippen LogP contribution in [-0.4, -0.2) is 9.55 Å². The van der Waals surface area contributed by atoms with Gasteiger partial charge in [0.1, 0.15) is 0 Å². The monoisotopic (exact) mass is 663 g/mol. The second-order valence-corrected chi connectivity index (χ2v) is 14.3. The van der Waals surface area contributed by atoms with E-state index in [1.54, 1.807) is 0 Å². The maximum Gasteiger partial charge on any atom is 0.194 e. The lowest BCUT2D eigenvalue weighted by Crippen LogP contribution is -2.15. The van der Waals surface area contributed by atoms with Crippen LogP contribution in [0.2, 0.25) is 0 Å². The molecule has 2 heterocycles. The fraction of sp³-hybridized carbons (Fsp3) is 0.0612. The Kier molecular flexibility index (Phi) is 6.59. The normalized spacial score (nSPS) is 12.9. The molecule has 0 amide bonds. The van der Waals surface area contributed by atoms with E-state index in [2.05, 4.69) is 169 Å². The number of benzene rings is 7. The van der Waals surface area contributed by atoms with Gasteiger partial charge in [0.2, 0.25) is 0 Å². The van der Waals surface area contributed by atoms with Crippen LogP contribution in [0.1, 0.15) is 25.0 Å². The van der Waals surface area contributed by atoms with Crippen LogP contribution in [0.3, 0.4) is 0 Å². The van der Waals surface area contributed by atoms with Gasteiger partial charge in [0.05, 0.1) is 28.8 Å². The molecule has 0 spiro atoms. The van der Waals surface area contributed by atoms with Crippen LogP contribution in [0.25, 0.3) is 87.9 Å². The summed E-state index contributed by atoms with van der Waals surface area (Å²) in [5, 5.41) is 3.56. The van der Waals surface area contributed by atoms with E-state index in [4.69, 9.17) is 11.6 Å². The number of hydrogen-bond donors (Lipinski definition) is 0.